The predicted octanol–water partition coefficient (Wildman–Crippen LogP) is 3.93. The fraction of sp³-hybridized carbons (Fsp3) is 0.231. The van der Waals surface area contributed by atoms with E-state index in [0.29, 0.717) is 29.3 Å². The highest BCUT2D eigenvalue weighted by Gasteiger charge is 2.64. The van der Waals surface area contributed by atoms with Gasteiger partial charge in [0, 0.05) is 29.3 Å². The summed E-state index contributed by atoms with van der Waals surface area (Å²) >= 11 is 0. The molecule has 0 aliphatic carbocycles. The van der Waals surface area contributed by atoms with Crippen molar-refractivity contribution in [3.63, 3.8) is 0 Å². The zero-order valence-corrected chi connectivity index (χ0v) is 17.9. The minimum atomic E-state index is -1.18. The number of carbonyl (C=O) groups is 2. The van der Waals surface area contributed by atoms with Gasteiger partial charge in [-0.25, -0.2) is 4.39 Å². The van der Waals surface area contributed by atoms with Crippen LogP contribution in [0.15, 0.2) is 66.7 Å². The second kappa shape index (κ2) is 7.15. The third-order valence-electron chi connectivity index (χ3n) is 7.09. The smallest absolute Gasteiger partial charge is 0.250 e. The van der Waals surface area contributed by atoms with Gasteiger partial charge in [0.15, 0.2) is 17.3 Å². The van der Waals surface area contributed by atoms with E-state index in [4.69, 9.17) is 9.47 Å². The first-order valence-electron chi connectivity index (χ1n) is 10.8. The van der Waals surface area contributed by atoms with Crippen molar-refractivity contribution in [1.29, 1.82) is 0 Å². The Morgan fingerprint density at radius 2 is 1.82 bits per heavy atom. The maximum absolute atomic E-state index is 14.2. The molecule has 3 aromatic carbocycles. The number of hydrogen-bond acceptors (Lipinski definition) is 5. The SMILES string of the molecule is CN1C[C@H](c2ccc(F)cc2)[C@@H](C(=O)c2ccc3c(c2)OCO3)[C@@]12C(=O)Nc1ccccc12. The van der Waals surface area contributed by atoms with Crippen molar-refractivity contribution in [2.45, 2.75) is 11.5 Å². The molecule has 1 N–H and O–H groups in total. The van der Waals surface area contributed by atoms with Crippen LogP contribution in [0.4, 0.5) is 10.1 Å². The van der Waals surface area contributed by atoms with E-state index >= 15 is 0 Å². The van der Waals surface area contributed by atoms with Gasteiger partial charge >= 0.3 is 0 Å². The third-order valence-corrected chi connectivity index (χ3v) is 7.09. The number of hydrogen-bond donors (Lipinski definition) is 1. The van der Waals surface area contributed by atoms with Gasteiger partial charge in [-0.2, -0.15) is 0 Å². The summed E-state index contributed by atoms with van der Waals surface area (Å²) in [5.74, 6) is -0.682. The predicted molar refractivity (Wildman–Crippen MR) is 119 cm³/mol. The van der Waals surface area contributed by atoms with Crippen molar-refractivity contribution in [1.82, 2.24) is 4.90 Å². The highest BCUT2D eigenvalue weighted by atomic mass is 19.1. The number of fused-ring (bicyclic) bond motifs is 3. The van der Waals surface area contributed by atoms with Crippen LogP contribution in [0.3, 0.4) is 0 Å². The van der Waals surface area contributed by atoms with Gasteiger partial charge in [0.1, 0.15) is 11.4 Å². The van der Waals surface area contributed by atoms with Gasteiger partial charge in [-0.1, -0.05) is 30.3 Å². The minimum absolute atomic E-state index is 0.108. The standard InChI is InChI=1S/C26H21FN2O4/c1-29-13-18(15-6-9-17(27)10-7-15)23(24(30)16-8-11-21-22(12-16)33-14-32-21)26(29)19-4-2-3-5-20(19)28-25(26)31/h2-12,18,23H,13-14H2,1H3,(H,28,31)/t18-,23+,26+/m1/s1. The zero-order chi connectivity index (χ0) is 22.7. The van der Waals surface area contributed by atoms with Gasteiger partial charge in [0.25, 0.3) is 0 Å². The topological polar surface area (TPSA) is 67.9 Å². The quantitative estimate of drug-likeness (QED) is 0.620. The van der Waals surface area contributed by atoms with Crippen molar-refractivity contribution in [3.8, 4) is 11.5 Å². The number of nitrogens with one attached hydrogen (secondary N) is 1. The number of benzene rings is 3. The second-order valence-corrected chi connectivity index (χ2v) is 8.71. The third kappa shape index (κ3) is 2.75. The maximum atomic E-state index is 14.2. The van der Waals surface area contributed by atoms with Crippen molar-refractivity contribution in [3.05, 3.63) is 89.2 Å². The van der Waals surface area contributed by atoms with Gasteiger partial charge < -0.3 is 14.8 Å². The molecule has 3 aliphatic heterocycles. The molecule has 6 nitrogen and oxygen atoms in total. The number of anilines is 1. The molecule has 0 saturated carbocycles. The van der Waals surface area contributed by atoms with Gasteiger partial charge in [-0.15, -0.1) is 0 Å². The van der Waals surface area contributed by atoms with Crippen LogP contribution in [-0.4, -0.2) is 37.0 Å². The van der Waals surface area contributed by atoms with E-state index in [1.807, 2.05) is 36.2 Å². The Labute approximate surface area is 189 Å². The summed E-state index contributed by atoms with van der Waals surface area (Å²) in [5.41, 5.74) is 1.57. The van der Waals surface area contributed by atoms with Crippen LogP contribution < -0.4 is 14.8 Å². The van der Waals surface area contributed by atoms with Crippen LogP contribution in [0.25, 0.3) is 0 Å². The van der Waals surface area contributed by atoms with Crippen LogP contribution in [-0.2, 0) is 10.3 Å². The maximum Gasteiger partial charge on any atom is 0.250 e. The van der Waals surface area contributed by atoms with E-state index in [-0.39, 0.29) is 30.2 Å². The van der Waals surface area contributed by atoms with Crippen LogP contribution >= 0.6 is 0 Å². The largest absolute Gasteiger partial charge is 0.454 e. The van der Waals surface area contributed by atoms with Crippen LogP contribution in [0.2, 0.25) is 0 Å². The van der Waals surface area contributed by atoms with E-state index in [1.54, 1.807) is 30.3 Å². The number of amides is 1. The molecule has 1 fully saturated rings. The lowest BCUT2D eigenvalue weighted by Crippen LogP contribution is -2.51. The van der Waals surface area contributed by atoms with Gasteiger partial charge in [-0.3, -0.25) is 14.5 Å². The average molecular weight is 444 g/mol. The molecule has 166 valence electrons. The molecule has 0 bridgehead atoms. The Hall–Kier alpha value is -3.71. The lowest BCUT2D eigenvalue weighted by Gasteiger charge is -2.35. The van der Waals surface area contributed by atoms with E-state index in [0.717, 1.165) is 11.1 Å². The molecule has 3 aliphatic rings. The first-order chi connectivity index (χ1) is 16.0. The molecule has 33 heavy (non-hydrogen) atoms. The van der Waals surface area contributed by atoms with Crippen molar-refractivity contribution in [2.24, 2.45) is 5.92 Å². The summed E-state index contributed by atoms with van der Waals surface area (Å²) in [7, 11) is 1.87. The highest BCUT2D eigenvalue weighted by Crippen LogP contribution is 2.55. The number of carbonyl (C=O) groups excluding carboxylic acids is 2. The summed E-state index contributed by atoms with van der Waals surface area (Å²) in [5, 5.41) is 2.98. The molecule has 6 rings (SSSR count). The van der Waals surface area contributed by atoms with E-state index < -0.39 is 11.5 Å². The Bertz CT molecular complexity index is 1290. The van der Waals surface area contributed by atoms with Crippen molar-refractivity contribution in [2.75, 3.05) is 25.7 Å². The number of ketones is 1. The lowest BCUT2D eigenvalue weighted by molar-refractivity contribution is -0.126. The summed E-state index contributed by atoms with van der Waals surface area (Å²) in [4.78, 5) is 29.8. The lowest BCUT2D eigenvalue weighted by atomic mass is 9.70. The molecule has 1 amide bonds. The van der Waals surface area contributed by atoms with Gasteiger partial charge in [-0.05, 0) is 49.0 Å². The second-order valence-electron chi connectivity index (χ2n) is 8.71. The summed E-state index contributed by atoms with van der Waals surface area (Å²) in [6.45, 7) is 0.575. The van der Waals surface area contributed by atoms with Crippen molar-refractivity contribution < 1.29 is 23.5 Å². The average Bonchev–Trinajstić information content (AvgIpc) is 3.49. The molecule has 3 atom stereocenters. The van der Waals surface area contributed by atoms with Crippen LogP contribution in [0.1, 0.15) is 27.4 Å². The molecule has 1 saturated heterocycles. The highest BCUT2D eigenvalue weighted by molar-refractivity contribution is 6.12. The van der Waals surface area contributed by atoms with E-state index in [9.17, 15) is 14.0 Å². The Balaban J connectivity index is 1.54. The van der Waals surface area contributed by atoms with Crippen molar-refractivity contribution >= 4 is 17.4 Å². The Morgan fingerprint density at radius 3 is 2.64 bits per heavy atom. The summed E-state index contributed by atoms with van der Waals surface area (Å²) < 4.78 is 24.6. The Kier molecular flexibility index (Phi) is 4.32. The summed E-state index contributed by atoms with van der Waals surface area (Å²) in [6, 6.07) is 18.8. The van der Waals surface area contributed by atoms with Gasteiger partial charge in [0.2, 0.25) is 12.7 Å². The number of para-hydroxylation sites is 1. The zero-order valence-electron chi connectivity index (χ0n) is 17.9. The fourth-order valence-electron chi connectivity index (χ4n) is 5.63. The first-order valence-corrected chi connectivity index (χ1v) is 10.8. The molecule has 3 heterocycles. The minimum Gasteiger partial charge on any atom is -0.454 e. The number of halogens is 1. The number of rotatable bonds is 3. The molecular formula is C26H21FN2O4. The molecule has 7 heteroatoms. The normalized spacial score (nSPS) is 25.3. The summed E-state index contributed by atoms with van der Waals surface area (Å²) in [6.07, 6.45) is 0. The molecule has 0 aromatic heterocycles. The molecule has 0 unspecified atom stereocenters. The molecular weight excluding hydrogens is 423 g/mol. The molecule has 3 aromatic rings. The molecule has 1 spiro atoms. The number of likely N-dealkylation sites (N-methyl/N-ethyl adjacent to an activating group) is 1. The van der Waals surface area contributed by atoms with Gasteiger partial charge in [0.05, 0.1) is 5.92 Å². The number of nitrogens with zero attached hydrogens (tertiary/aromatic N) is 1. The first kappa shape index (κ1) is 19.9. The monoisotopic (exact) mass is 444 g/mol. The number of likely N-dealkylation sites (tertiary alicyclic amines) is 1. The van der Waals surface area contributed by atoms with Crippen LogP contribution in [0.5, 0.6) is 11.5 Å². The molecule has 0 radical (unpaired) electrons. The Morgan fingerprint density at radius 1 is 1.06 bits per heavy atom. The number of Topliss-reactive ketones (excluding diaryl/α,β-unsaturated/α-hetero) is 1. The fourth-order valence-corrected chi connectivity index (χ4v) is 5.63. The number of ether oxygens (including phenoxy) is 2. The van der Waals surface area contributed by atoms with E-state index in [2.05, 4.69) is 5.32 Å². The van der Waals surface area contributed by atoms with Crippen LogP contribution in [0, 0.1) is 11.7 Å². The van der Waals surface area contributed by atoms with E-state index in [1.165, 1.54) is 12.1 Å².